The summed E-state index contributed by atoms with van der Waals surface area (Å²) >= 11 is 0. The van der Waals surface area contributed by atoms with E-state index in [9.17, 15) is 4.79 Å². The van der Waals surface area contributed by atoms with E-state index in [0.29, 0.717) is 6.61 Å². The number of hydrogen-bond donors (Lipinski definition) is 1. The van der Waals surface area contributed by atoms with Crippen molar-refractivity contribution < 1.29 is 14.6 Å². The third-order valence-corrected chi connectivity index (χ3v) is 1.90. The predicted octanol–water partition coefficient (Wildman–Crippen LogP) is 2.19. The molecule has 0 radical (unpaired) electrons. The van der Waals surface area contributed by atoms with Crippen molar-refractivity contribution in [3.05, 3.63) is 42.0 Å². The Kier molecular flexibility index (Phi) is 4.57. The predicted molar refractivity (Wildman–Crippen MR) is 58.5 cm³/mol. The number of ether oxygens (including phenoxy) is 1. The summed E-state index contributed by atoms with van der Waals surface area (Å²) in [4.78, 5) is 10.4. The number of carboxylic acid groups (broad SMARTS) is 1. The summed E-state index contributed by atoms with van der Waals surface area (Å²) in [6, 6.07) is 9.77. The SMILES string of the molecule is CC(OC/C=C/c1ccccc1)C(=O)O. The first-order valence-corrected chi connectivity index (χ1v) is 4.76. The van der Waals surface area contributed by atoms with Crippen LogP contribution in [0.5, 0.6) is 0 Å². The summed E-state index contributed by atoms with van der Waals surface area (Å²) in [7, 11) is 0. The van der Waals surface area contributed by atoms with Crippen molar-refractivity contribution in [1.29, 1.82) is 0 Å². The lowest BCUT2D eigenvalue weighted by Gasteiger charge is -2.04. The molecule has 1 atom stereocenters. The van der Waals surface area contributed by atoms with Crippen LogP contribution in [-0.2, 0) is 9.53 Å². The van der Waals surface area contributed by atoms with Crippen LogP contribution in [0.3, 0.4) is 0 Å². The fourth-order valence-corrected chi connectivity index (χ4v) is 1.02. The van der Waals surface area contributed by atoms with Crippen molar-refractivity contribution in [2.24, 2.45) is 0 Å². The Morgan fingerprint density at radius 1 is 1.47 bits per heavy atom. The number of aliphatic carboxylic acids is 1. The van der Waals surface area contributed by atoms with Crippen LogP contribution in [-0.4, -0.2) is 23.8 Å². The van der Waals surface area contributed by atoms with E-state index in [2.05, 4.69) is 0 Å². The van der Waals surface area contributed by atoms with Crippen LogP contribution in [0.15, 0.2) is 36.4 Å². The van der Waals surface area contributed by atoms with Crippen molar-refractivity contribution in [3.63, 3.8) is 0 Å². The maximum Gasteiger partial charge on any atom is 0.332 e. The molecule has 1 N–H and O–H groups in total. The van der Waals surface area contributed by atoms with Gasteiger partial charge < -0.3 is 9.84 Å². The van der Waals surface area contributed by atoms with Gasteiger partial charge in [0.25, 0.3) is 0 Å². The van der Waals surface area contributed by atoms with Gasteiger partial charge in [-0.05, 0) is 12.5 Å². The lowest BCUT2D eigenvalue weighted by atomic mass is 10.2. The average molecular weight is 206 g/mol. The first kappa shape index (κ1) is 11.5. The summed E-state index contributed by atoms with van der Waals surface area (Å²) < 4.78 is 5.04. The minimum Gasteiger partial charge on any atom is -0.479 e. The van der Waals surface area contributed by atoms with Crippen LogP contribution >= 0.6 is 0 Å². The van der Waals surface area contributed by atoms with Crippen LogP contribution in [0.25, 0.3) is 6.08 Å². The Bertz CT molecular complexity index is 330. The van der Waals surface area contributed by atoms with Crippen molar-refractivity contribution in [1.82, 2.24) is 0 Å². The van der Waals surface area contributed by atoms with Crippen molar-refractivity contribution in [2.75, 3.05) is 6.61 Å². The molecule has 0 saturated heterocycles. The summed E-state index contributed by atoms with van der Waals surface area (Å²) in [5.41, 5.74) is 1.07. The molecule has 0 spiro atoms. The fourth-order valence-electron chi connectivity index (χ4n) is 1.02. The third kappa shape index (κ3) is 4.42. The van der Waals surface area contributed by atoms with Gasteiger partial charge in [0, 0.05) is 0 Å². The van der Waals surface area contributed by atoms with E-state index in [0.717, 1.165) is 5.56 Å². The summed E-state index contributed by atoms with van der Waals surface area (Å²) in [5, 5.41) is 8.55. The molecule has 0 bridgehead atoms. The number of carboxylic acids is 1. The van der Waals surface area contributed by atoms with Gasteiger partial charge in [-0.25, -0.2) is 4.79 Å². The molecule has 3 nitrogen and oxygen atoms in total. The van der Waals surface area contributed by atoms with Gasteiger partial charge in [-0.2, -0.15) is 0 Å². The van der Waals surface area contributed by atoms with E-state index < -0.39 is 12.1 Å². The van der Waals surface area contributed by atoms with Gasteiger partial charge in [-0.3, -0.25) is 0 Å². The molecule has 0 heterocycles. The molecule has 0 aliphatic rings. The highest BCUT2D eigenvalue weighted by Crippen LogP contribution is 2.01. The molecule has 0 aliphatic heterocycles. The minimum absolute atomic E-state index is 0.308. The molecule has 0 aromatic heterocycles. The third-order valence-electron chi connectivity index (χ3n) is 1.90. The molecule has 80 valence electrons. The van der Waals surface area contributed by atoms with E-state index in [-0.39, 0.29) is 0 Å². The van der Waals surface area contributed by atoms with E-state index in [1.54, 1.807) is 6.08 Å². The molecule has 15 heavy (non-hydrogen) atoms. The number of rotatable bonds is 5. The quantitative estimate of drug-likeness (QED) is 0.803. The van der Waals surface area contributed by atoms with Gasteiger partial charge in [0.2, 0.25) is 0 Å². The van der Waals surface area contributed by atoms with Crippen LogP contribution < -0.4 is 0 Å². The molecule has 1 aromatic carbocycles. The lowest BCUT2D eigenvalue weighted by molar-refractivity contribution is -0.148. The number of hydrogen-bond acceptors (Lipinski definition) is 2. The van der Waals surface area contributed by atoms with E-state index in [1.807, 2.05) is 36.4 Å². The second-order valence-corrected chi connectivity index (χ2v) is 3.13. The summed E-state index contributed by atoms with van der Waals surface area (Å²) in [6.07, 6.45) is 2.94. The average Bonchev–Trinajstić information content (AvgIpc) is 2.25. The highest BCUT2D eigenvalue weighted by Gasteiger charge is 2.08. The molecular weight excluding hydrogens is 192 g/mol. The van der Waals surface area contributed by atoms with Gasteiger partial charge in [0.05, 0.1) is 6.61 Å². The maximum absolute atomic E-state index is 10.4. The largest absolute Gasteiger partial charge is 0.479 e. The molecule has 1 rings (SSSR count). The first-order chi connectivity index (χ1) is 7.20. The zero-order chi connectivity index (χ0) is 11.1. The first-order valence-electron chi connectivity index (χ1n) is 4.76. The normalized spacial score (nSPS) is 12.9. The van der Waals surface area contributed by atoms with Crippen molar-refractivity contribution >= 4 is 12.0 Å². The van der Waals surface area contributed by atoms with E-state index >= 15 is 0 Å². The Morgan fingerprint density at radius 2 is 2.13 bits per heavy atom. The van der Waals surface area contributed by atoms with E-state index in [1.165, 1.54) is 6.92 Å². The molecule has 0 saturated carbocycles. The maximum atomic E-state index is 10.4. The molecule has 1 unspecified atom stereocenters. The van der Waals surface area contributed by atoms with Gasteiger partial charge in [-0.1, -0.05) is 42.5 Å². The molecular formula is C12H14O3. The minimum atomic E-state index is -0.942. The summed E-state index contributed by atoms with van der Waals surface area (Å²) in [6.45, 7) is 1.82. The fraction of sp³-hybridized carbons (Fsp3) is 0.250. The molecule has 0 aliphatic carbocycles. The van der Waals surface area contributed by atoms with Crippen molar-refractivity contribution in [2.45, 2.75) is 13.0 Å². The molecule has 0 amide bonds. The van der Waals surface area contributed by atoms with Crippen LogP contribution in [0.1, 0.15) is 12.5 Å². The standard InChI is InChI=1S/C12H14O3/c1-10(12(13)14)15-9-5-8-11-6-3-2-4-7-11/h2-8,10H,9H2,1H3,(H,13,14)/b8-5+. The Balaban J connectivity index is 2.32. The Labute approximate surface area is 89.0 Å². The number of benzene rings is 1. The highest BCUT2D eigenvalue weighted by atomic mass is 16.5. The summed E-state index contributed by atoms with van der Waals surface area (Å²) in [5.74, 6) is -0.942. The smallest absolute Gasteiger partial charge is 0.332 e. The highest BCUT2D eigenvalue weighted by molar-refractivity contribution is 5.71. The second-order valence-electron chi connectivity index (χ2n) is 3.13. The van der Waals surface area contributed by atoms with E-state index in [4.69, 9.17) is 9.84 Å². The van der Waals surface area contributed by atoms with Crippen LogP contribution in [0.4, 0.5) is 0 Å². The number of carbonyl (C=O) groups is 1. The van der Waals surface area contributed by atoms with Gasteiger partial charge in [0.1, 0.15) is 0 Å². The monoisotopic (exact) mass is 206 g/mol. The Hall–Kier alpha value is -1.61. The topological polar surface area (TPSA) is 46.5 Å². The van der Waals surface area contributed by atoms with Crippen LogP contribution in [0, 0.1) is 0 Å². The van der Waals surface area contributed by atoms with Crippen LogP contribution in [0.2, 0.25) is 0 Å². The van der Waals surface area contributed by atoms with Gasteiger partial charge in [-0.15, -0.1) is 0 Å². The van der Waals surface area contributed by atoms with Gasteiger partial charge in [0.15, 0.2) is 6.10 Å². The lowest BCUT2D eigenvalue weighted by Crippen LogP contribution is -2.19. The second kappa shape index (κ2) is 5.98. The zero-order valence-corrected chi connectivity index (χ0v) is 8.59. The van der Waals surface area contributed by atoms with Gasteiger partial charge >= 0.3 is 5.97 Å². The molecule has 3 heteroatoms. The zero-order valence-electron chi connectivity index (χ0n) is 8.59. The molecule has 0 fully saturated rings. The molecule has 1 aromatic rings. The Morgan fingerprint density at radius 3 is 2.73 bits per heavy atom. The van der Waals surface area contributed by atoms with Crippen molar-refractivity contribution in [3.8, 4) is 0 Å².